The normalized spacial score (nSPS) is 15.5. The van der Waals surface area contributed by atoms with Crippen molar-refractivity contribution in [3.05, 3.63) is 74.5 Å². The van der Waals surface area contributed by atoms with E-state index in [1.165, 1.54) is 40.8 Å². The first kappa shape index (κ1) is 20.8. The first-order valence-electron chi connectivity index (χ1n) is 9.45. The van der Waals surface area contributed by atoms with E-state index in [4.69, 9.17) is 9.47 Å². The number of nitrogens with zero attached hydrogens (tertiary/aromatic N) is 2. The number of ether oxygens (including phenoxy) is 2. The van der Waals surface area contributed by atoms with Gasteiger partial charge in [-0.15, -0.1) is 0 Å². The van der Waals surface area contributed by atoms with Gasteiger partial charge in [0.05, 0.1) is 24.8 Å². The summed E-state index contributed by atoms with van der Waals surface area (Å²) in [6, 6.07) is 12.7. The van der Waals surface area contributed by atoms with E-state index < -0.39 is 11.8 Å². The van der Waals surface area contributed by atoms with E-state index in [2.05, 4.69) is 0 Å². The Kier molecular flexibility index (Phi) is 5.60. The third-order valence-electron chi connectivity index (χ3n) is 5.17. The van der Waals surface area contributed by atoms with Gasteiger partial charge in [0.2, 0.25) is 5.91 Å². The Labute approximate surface area is 181 Å². The van der Waals surface area contributed by atoms with Gasteiger partial charge < -0.3 is 9.47 Å². The largest absolute Gasteiger partial charge is 0.497 e. The standard InChI is InChI=1S/C22H19FN2O5S/c1-29-16-9-3-13(4-10-16)17-11-18(26)25(15-7-5-14(23)6-8-15)21-20(17)31-22(28)24(21)12-19(27)30-2/h3-10,17H,11-12H2,1-2H3. The van der Waals surface area contributed by atoms with Crippen LogP contribution in [0.25, 0.3) is 0 Å². The summed E-state index contributed by atoms with van der Waals surface area (Å²) in [7, 11) is 2.80. The van der Waals surface area contributed by atoms with Crippen molar-refractivity contribution in [3.8, 4) is 5.75 Å². The van der Waals surface area contributed by atoms with E-state index in [0.717, 1.165) is 16.9 Å². The maximum atomic E-state index is 13.5. The zero-order valence-electron chi connectivity index (χ0n) is 16.8. The molecule has 0 N–H and O–H groups in total. The van der Waals surface area contributed by atoms with Crippen LogP contribution in [0.4, 0.5) is 15.9 Å². The van der Waals surface area contributed by atoms with Gasteiger partial charge in [-0.25, -0.2) is 4.39 Å². The lowest BCUT2D eigenvalue weighted by atomic mass is 9.90. The third kappa shape index (κ3) is 3.84. The van der Waals surface area contributed by atoms with Crippen molar-refractivity contribution in [1.82, 2.24) is 4.57 Å². The minimum atomic E-state index is -0.610. The van der Waals surface area contributed by atoms with Crippen LogP contribution in [0.2, 0.25) is 0 Å². The highest BCUT2D eigenvalue weighted by Gasteiger charge is 2.38. The van der Waals surface area contributed by atoms with Crippen LogP contribution < -0.4 is 14.5 Å². The molecule has 0 spiro atoms. The highest BCUT2D eigenvalue weighted by atomic mass is 32.1. The minimum Gasteiger partial charge on any atom is -0.497 e. The number of halogens is 1. The highest BCUT2D eigenvalue weighted by molar-refractivity contribution is 7.10. The molecule has 0 radical (unpaired) electrons. The van der Waals surface area contributed by atoms with Crippen LogP contribution in [-0.2, 0) is 20.9 Å². The second-order valence-electron chi connectivity index (χ2n) is 6.95. The molecule has 1 atom stereocenters. The summed E-state index contributed by atoms with van der Waals surface area (Å²) in [6.45, 7) is -0.332. The first-order valence-corrected chi connectivity index (χ1v) is 10.3. The molecular formula is C22H19FN2O5S. The second kappa shape index (κ2) is 8.35. The Balaban J connectivity index is 1.89. The van der Waals surface area contributed by atoms with E-state index >= 15 is 0 Å². The molecule has 7 nitrogen and oxygen atoms in total. The molecule has 1 aliphatic heterocycles. The molecule has 2 aromatic carbocycles. The molecule has 4 rings (SSSR count). The van der Waals surface area contributed by atoms with Crippen LogP contribution in [0, 0.1) is 5.82 Å². The van der Waals surface area contributed by atoms with Crippen LogP contribution in [0.5, 0.6) is 5.75 Å². The predicted molar refractivity (Wildman–Crippen MR) is 114 cm³/mol. The van der Waals surface area contributed by atoms with Gasteiger partial charge >= 0.3 is 10.8 Å². The number of fused-ring (bicyclic) bond motifs is 1. The maximum Gasteiger partial charge on any atom is 0.325 e. The Morgan fingerprint density at radius 2 is 1.77 bits per heavy atom. The number of anilines is 2. The highest BCUT2D eigenvalue weighted by Crippen LogP contribution is 2.45. The number of hydrogen-bond acceptors (Lipinski definition) is 6. The molecule has 9 heteroatoms. The van der Waals surface area contributed by atoms with Crippen molar-refractivity contribution in [2.45, 2.75) is 18.9 Å². The zero-order chi connectivity index (χ0) is 22.1. The lowest BCUT2D eigenvalue weighted by molar-refractivity contribution is -0.141. The van der Waals surface area contributed by atoms with E-state index in [1.807, 2.05) is 12.1 Å². The molecule has 1 aromatic heterocycles. The van der Waals surface area contributed by atoms with Gasteiger partial charge in [0, 0.05) is 12.3 Å². The molecule has 0 fully saturated rings. The average molecular weight is 442 g/mol. The lowest BCUT2D eigenvalue weighted by Crippen LogP contribution is -2.36. The summed E-state index contributed by atoms with van der Waals surface area (Å²) in [5.74, 6) is -0.694. The Bertz CT molecular complexity index is 1180. The molecule has 31 heavy (non-hydrogen) atoms. The number of rotatable bonds is 5. The summed E-state index contributed by atoms with van der Waals surface area (Å²) < 4.78 is 24.6. The van der Waals surface area contributed by atoms with Crippen LogP contribution in [0.3, 0.4) is 0 Å². The molecule has 0 saturated heterocycles. The van der Waals surface area contributed by atoms with Gasteiger partial charge in [-0.1, -0.05) is 23.5 Å². The second-order valence-corrected chi connectivity index (χ2v) is 7.95. The van der Waals surface area contributed by atoms with E-state index in [1.54, 1.807) is 19.2 Å². The third-order valence-corrected chi connectivity index (χ3v) is 6.25. The Morgan fingerprint density at radius 3 is 2.39 bits per heavy atom. The summed E-state index contributed by atoms with van der Waals surface area (Å²) in [5.41, 5.74) is 1.26. The van der Waals surface area contributed by atoms with E-state index in [-0.39, 0.29) is 29.7 Å². The summed E-state index contributed by atoms with van der Waals surface area (Å²) in [4.78, 5) is 39.7. The quantitative estimate of drug-likeness (QED) is 0.566. The number of aromatic nitrogens is 1. The maximum absolute atomic E-state index is 13.5. The van der Waals surface area contributed by atoms with Gasteiger partial charge in [0.15, 0.2) is 0 Å². The molecule has 0 aliphatic carbocycles. The van der Waals surface area contributed by atoms with E-state index in [0.29, 0.717) is 22.1 Å². The van der Waals surface area contributed by atoms with Crippen LogP contribution >= 0.6 is 11.3 Å². The fourth-order valence-corrected chi connectivity index (χ4v) is 4.75. The number of thiazole rings is 1. The fraction of sp³-hybridized carbons (Fsp3) is 0.227. The number of carbonyl (C=O) groups is 2. The molecule has 160 valence electrons. The topological polar surface area (TPSA) is 77.8 Å². The number of hydrogen-bond donors (Lipinski definition) is 0. The van der Waals surface area contributed by atoms with Crippen molar-refractivity contribution in [2.24, 2.45) is 0 Å². The summed E-state index contributed by atoms with van der Waals surface area (Å²) >= 11 is 0.986. The molecule has 0 bridgehead atoms. The van der Waals surface area contributed by atoms with Crippen molar-refractivity contribution >= 4 is 34.7 Å². The van der Waals surface area contributed by atoms with Gasteiger partial charge in [0.25, 0.3) is 0 Å². The molecule has 2 heterocycles. The van der Waals surface area contributed by atoms with Gasteiger partial charge in [-0.3, -0.25) is 23.9 Å². The molecule has 0 saturated carbocycles. The average Bonchev–Trinajstić information content (AvgIpc) is 3.10. The number of benzene rings is 2. The molecule has 1 amide bonds. The zero-order valence-corrected chi connectivity index (χ0v) is 17.6. The Hall–Kier alpha value is -3.46. The monoisotopic (exact) mass is 442 g/mol. The fourth-order valence-electron chi connectivity index (χ4n) is 3.64. The van der Waals surface area contributed by atoms with Crippen molar-refractivity contribution in [2.75, 3.05) is 19.1 Å². The molecular weight excluding hydrogens is 423 g/mol. The number of carbonyl (C=O) groups excluding carboxylic acids is 2. The molecule has 1 aliphatic rings. The summed E-state index contributed by atoms with van der Waals surface area (Å²) in [6.07, 6.45) is 0.120. The lowest BCUT2D eigenvalue weighted by Gasteiger charge is -2.32. The molecule has 1 unspecified atom stereocenters. The predicted octanol–water partition coefficient (Wildman–Crippen LogP) is 3.43. The Morgan fingerprint density at radius 1 is 1.10 bits per heavy atom. The first-order chi connectivity index (χ1) is 14.9. The van der Waals surface area contributed by atoms with Crippen molar-refractivity contribution in [1.29, 1.82) is 0 Å². The van der Waals surface area contributed by atoms with Crippen LogP contribution in [0.15, 0.2) is 53.3 Å². The smallest absolute Gasteiger partial charge is 0.325 e. The number of esters is 1. The van der Waals surface area contributed by atoms with Crippen LogP contribution in [-0.4, -0.2) is 30.7 Å². The minimum absolute atomic E-state index is 0.120. The van der Waals surface area contributed by atoms with Crippen molar-refractivity contribution < 1.29 is 23.5 Å². The summed E-state index contributed by atoms with van der Waals surface area (Å²) in [5, 5.41) is 0. The number of amides is 1. The van der Waals surface area contributed by atoms with E-state index in [9.17, 15) is 18.8 Å². The SMILES string of the molecule is COC(=O)Cn1c2c(sc1=O)C(c1ccc(OC)cc1)CC(=O)N2c1ccc(F)cc1. The number of methoxy groups -OCH3 is 2. The molecule has 3 aromatic rings. The van der Waals surface area contributed by atoms with Gasteiger partial charge in [0.1, 0.15) is 23.9 Å². The van der Waals surface area contributed by atoms with Crippen molar-refractivity contribution in [3.63, 3.8) is 0 Å². The van der Waals surface area contributed by atoms with Gasteiger partial charge in [-0.2, -0.15) is 0 Å². The van der Waals surface area contributed by atoms with Gasteiger partial charge in [-0.05, 0) is 42.0 Å². The van der Waals surface area contributed by atoms with Crippen LogP contribution in [0.1, 0.15) is 22.8 Å².